The van der Waals surface area contributed by atoms with Crippen molar-refractivity contribution in [3.8, 4) is 5.75 Å². The first kappa shape index (κ1) is 18.0. The summed E-state index contributed by atoms with van der Waals surface area (Å²) >= 11 is 0. The Bertz CT molecular complexity index is 790. The van der Waals surface area contributed by atoms with Crippen molar-refractivity contribution >= 4 is 23.5 Å². The number of hydrogen-bond acceptors (Lipinski definition) is 5. The van der Waals surface area contributed by atoms with Crippen LogP contribution in [0.4, 0.5) is 5.69 Å². The Morgan fingerprint density at radius 2 is 2.11 bits per heavy atom. The maximum absolute atomic E-state index is 12.6. The number of piperidine rings is 1. The molecule has 27 heavy (non-hydrogen) atoms. The van der Waals surface area contributed by atoms with Crippen LogP contribution in [0.1, 0.15) is 43.2 Å². The fraction of sp³-hybridized carbons (Fsp3) is 0.524. The molecular weight excluding hydrogens is 340 g/mol. The van der Waals surface area contributed by atoms with Gasteiger partial charge in [-0.25, -0.2) is 0 Å². The first-order valence-corrected chi connectivity index (χ1v) is 9.77. The van der Waals surface area contributed by atoms with Crippen molar-refractivity contribution in [1.29, 1.82) is 5.41 Å². The van der Waals surface area contributed by atoms with E-state index >= 15 is 0 Å². The maximum Gasteiger partial charge on any atom is 0.235 e. The highest BCUT2D eigenvalue weighted by molar-refractivity contribution is 6.08. The summed E-state index contributed by atoms with van der Waals surface area (Å²) < 4.78 is 5.61. The highest BCUT2D eigenvalue weighted by atomic mass is 16.5. The van der Waals surface area contributed by atoms with E-state index in [1.54, 1.807) is 13.2 Å². The van der Waals surface area contributed by atoms with Gasteiger partial charge in [-0.3, -0.25) is 4.79 Å². The van der Waals surface area contributed by atoms with Crippen molar-refractivity contribution in [3.05, 3.63) is 29.3 Å². The van der Waals surface area contributed by atoms with Crippen LogP contribution in [0.5, 0.6) is 5.75 Å². The van der Waals surface area contributed by atoms with Crippen molar-refractivity contribution in [1.82, 2.24) is 10.2 Å². The molecule has 0 atom stereocenters. The van der Waals surface area contributed by atoms with Gasteiger partial charge in [0.2, 0.25) is 5.91 Å². The van der Waals surface area contributed by atoms with E-state index in [1.807, 2.05) is 6.07 Å². The van der Waals surface area contributed by atoms with Crippen molar-refractivity contribution in [3.63, 3.8) is 0 Å². The minimum absolute atomic E-state index is 0.0973. The molecule has 1 amide bonds. The van der Waals surface area contributed by atoms with Crippen molar-refractivity contribution in [2.24, 2.45) is 0 Å². The lowest BCUT2D eigenvalue weighted by atomic mass is 9.65. The van der Waals surface area contributed by atoms with Gasteiger partial charge in [0, 0.05) is 23.5 Å². The van der Waals surface area contributed by atoms with Gasteiger partial charge in [-0.1, -0.05) is 6.42 Å². The quantitative estimate of drug-likeness (QED) is 0.699. The molecule has 0 radical (unpaired) electrons. The predicted octanol–water partition coefficient (Wildman–Crippen LogP) is 2.74. The molecule has 1 spiro atoms. The molecule has 144 valence electrons. The van der Waals surface area contributed by atoms with Gasteiger partial charge in [0.1, 0.15) is 5.75 Å². The van der Waals surface area contributed by atoms with Crippen molar-refractivity contribution in [2.45, 2.75) is 43.6 Å². The molecule has 2 aliphatic heterocycles. The molecule has 6 nitrogen and oxygen atoms in total. The number of likely N-dealkylation sites (tertiary alicyclic amines) is 1. The van der Waals surface area contributed by atoms with Gasteiger partial charge in [-0.15, -0.1) is 0 Å². The summed E-state index contributed by atoms with van der Waals surface area (Å²) in [5.41, 5.74) is 3.39. The molecular formula is C21H28N4O2. The van der Waals surface area contributed by atoms with E-state index in [0.717, 1.165) is 67.7 Å². The Morgan fingerprint density at radius 3 is 2.70 bits per heavy atom. The van der Waals surface area contributed by atoms with Crippen LogP contribution in [-0.4, -0.2) is 50.3 Å². The molecule has 1 aliphatic carbocycles. The number of amides is 1. The number of anilines is 1. The van der Waals surface area contributed by atoms with Crippen LogP contribution in [0.25, 0.3) is 5.70 Å². The SMILES string of the molecule is COc1cc(/C(=C/C=N)NC2CCN(C)CC2)cc2c1NC(=O)C21CCC1. The number of carbonyl (C=O) groups excluding carboxylic acids is 1. The van der Waals surface area contributed by atoms with Gasteiger partial charge >= 0.3 is 0 Å². The highest BCUT2D eigenvalue weighted by Gasteiger charge is 2.52. The number of carbonyl (C=O) groups is 1. The zero-order chi connectivity index (χ0) is 19.0. The smallest absolute Gasteiger partial charge is 0.235 e. The largest absolute Gasteiger partial charge is 0.495 e. The van der Waals surface area contributed by atoms with Crippen LogP contribution in [0.2, 0.25) is 0 Å². The fourth-order valence-corrected chi connectivity index (χ4v) is 4.50. The van der Waals surface area contributed by atoms with Crippen LogP contribution in [-0.2, 0) is 10.2 Å². The molecule has 0 aromatic heterocycles. The van der Waals surface area contributed by atoms with Gasteiger partial charge < -0.3 is 25.7 Å². The van der Waals surface area contributed by atoms with Crippen LogP contribution < -0.4 is 15.4 Å². The molecule has 4 rings (SSSR count). The van der Waals surface area contributed by atoms with Gasteiger partial charge in [0.15, 0.2) is 0 Å². The molecule has 0 bridgehead atoms. The van der Waals surface area contributed by atoms with Crippen LogP contribution in [0, 0.1) is 5.41 Å². The van der Waals surface area contributed by atoms with E-state index in [1.165, 1.54) is 6.21 Å². The molecule has 2 heterocycles. The Kier molecular flexibility index (Phi) is 4.68. The molecule has 2 fully saturated rings. The number of benzene rings is 1. The maximum atomic E-state index is 12.6. The lowest BCUT2D eigenvalue weighted by Crippen LogP contribution is -2.41. The van der Waals surface area contributed by atoms with Crippen LogP contribution in [0.15, 0.2) is 18.2 Å². The van der Waals surface area contributed by atoms with E-state index in [2.05, 4.69) is 28.6 Å². The monoisotopic (exact) mass is 368 g/mol. The van der Waals surface area contributed by atoms with E-state index in [9.17, 15) is 4.79 Å². The summed E-state index contributed by atoms with van der Waals surface area (Å²) in [6.45, 7) is 2.15. The molecule has 3 N–H and O–H groups in total. The number of allylic oxidation sites excluding steroid dienone is 1. The zero-order valence-electron chi connectivity index (χ0n) is 16.1. The van der Waals surface area contributed by atoms with Gasteiger partial charge in [-0.2, -0.15) is 0 Å². The second kappa shape index (κ2) is 7.00. The molecule has 3 aliphatic rings. The standard InChI is InChI=1S/C21H28N4O2/c1-25-10-5-15(6-11-25)23-17(4-9-22)14-12-16-19(18(13-14)27-2)24-20(26)21(16)7-3-8-21/h4,9,12-13,15,22-23H,3,5-8,10-11H2,1-2H3,(H,24,26)/b17-4-,22-9?. The molecule has 1 saturated heterocycles. The predicted molar refractivity (Wildman–Crippen MR) is 108 cm³/mol. The molecule has 6 heteroatoms. The summed E-state index contributed by atoms with van der Waals surface area (Å²) in [6.07, 6.45) is 8.15. The Labute approximate surface area is 160 Å². The Balaban J connectivity index is 1.68. The molecule has 1 aromatic carbocycles. The Hall–Kier alpha value is -2.34. The van der Waals surface area contributed by atoms with Gasteiger partial charge in [-0.05, 0) is 69.6 Å². The van der Waals surface area contributed by atoms with E-state index in [0.29, 0.717) is 11.8 Å². The second-order valence-electron chi connectivity index (χ2n) is 7.96. The Morgan fingerprint density at radius 1 is 1.37 bits per heavy atom. The zero-order valence-corrected chi connectivity index (χ0v) is 16.1. The summed E-state index contributed by atoms with van der Waals surface area (Å²) in [5, 5.41) is 14.3. The number of hydrogen-bond donors (Lipinski definition) is 3. The number of nitrogens with zero attached hydrogens (tertiary/aromatic N) is 1. The third kappa shape index (κ3) is 3.02. The molecule has 1 saturated carbocycles. The van der Waals surface area contributed by atoms with E-state index < -0.39 is 0 Å². The van der Waals surface area contributed by atoms with Gasteiger partial charge in [0.25, 0.3) is 0 Å². The summed E-state index contributed by atoms with van der Waals surface area (Å²) in [7, 11) is 3.79. The van der Waals surface area contributed by atoms with E-state index in [4.69, 9.17) is 10.1 Å². The lowest BCUT2D eigenvalue weighted by molar-refractivity contribution is -0.123. The normalized spacial score (nSPS) is 22.1. The van der Waals surface area contributed by atoms with Crippen LogP contribution >= 0.6 is 0 Å². The number of ether oxygens (including phenoxy) is 1. The van der Waals surface area contributed by atoms with Crippen molar-refractivity contribution < 1.29 is 9.53 Å². The second-order valence-corrected chi connectivity index (χ2v) is 7.96. The number of nitrogens with one attached hydrogen (secondary N) is 3. The topological polar surface area (TPSA) is 77.5 Å². The van der Waals surface area contributed by atoms with Crippen molar-refractivity contribution in [2.75, 3.05) is 32.6 Å². The first-order chi connectivity index (χ1) is 13.1. The minimum atomic E-state index is -0.387. The molecule has 1 aromatic rings. The average molecular weight is 368 g/mol. The van der Waals surface area contributed by atoms with Crippen LogP contribution in [0.3, 0.4) is 0 Å². The third-order valence-electron chi connectivity index (χ3n) is 6.36. The average Bonchev–Trinajstić information content (AvgIpc) is 2.94. The number of rotatable bonds is 5. The number of methoxy groups -OCH3 is 1. The summed E-state index contributed by atoms with van der Waals surface area (Å²) in [4.78, 5) is 15.0. The summed E-state index contributed by atoms with van der Waals surface area (Å²) in [5.74, 6) is 0.792. The van der Waals surface area contributed by atoms with E-state index in [-0.39, 0.29) is 11.3 Å². The lowest BCUT2D eigenvalue weighted by Gasteiger charge is -2.36. The first-order valence-electron chi connectivity index (χ1n) is 9.77. The number of fused-ring (bicyclic) bond motifs is 2. The minimum Gasteiger partial charge on any atom is -0.495 e. The van der Waals surface area contributed by atoms with Gasteiger partial charge in [0.05, 0.1) is 18.2 Å². The molecule has 0 unspecified atom stereocenters. The highest BCUT2D eigenvalue weighted by Crippen LogP contribution is 2.54. The fourth-order valence-electron chi connectivity index (χ4n) is 4.50. The third-order valence-corrected chi connectivity index (χ3v) is 6.36. The summed E-state index contributed by atoms with van der Waals surface area (Å²) in [6, 6.07) is 4.48.